The minimum atomic E-state index is 0.992. The van der Waals surface area contributed by atoms with Crippen molar-refractivity contribution in [3.05, 3.63) is 89.6 Å². The quantitative estimate of drug-likeness (QED) is 0.257. The Labute approximate surface area is 172 Å². The van der Waals surface area contributed by atoms with Gasteiger partial charge in [0.05, 0.1) is 0 Å². The average molecular weight is 373 g/mol. The second-order valence-electron chi connectivity index (χ2n) is 8.13. The summed E-state index contributed by atoms with van der Waals surface area (Å²) in [6.45, 7) is 4.21. The fourth-order valence-corrected chi connectivity index (χ4v) is 4.46. The van der Waals surface area contributed by atoms with Gasteiger partial charge in [-0.05, 0) is 86.8 Å². The number of hydrogen-bond donors (Lipinski definition) is 0. The molecule has 1 saturated carbocycles. The van der Waals surface area contributed by atoms with E-state index < -0.39 is 0 Å². The maximum absolute atomic E-state index is 2.32. The molecule has 0 saturated heterocycles. The van der Waals surface area contributed by atoms with Crippen LogP contribution in [0.3, 0.4) is 0 Å². The highest BCUT2D eigenvalue weighted by Crippen LogP contribution is 2.57. The summed E-state index contributed by atoms with van der Waals surface area (Å²) in [5.74, 6) is 2.06. The molecule has 1 aromatic rings. The first-order chi connectivity index (χ1) is 13.8. The molecule has 0 aromatic heterocycles. The van der Waals surface area contributed by atoms with Gasteiger partial charge in [0.15, 0.2) is 0 Å². The lowest BCUT2D eigenvalue weighted by atomic mass is 9.92. The van der Waals surface area contributed by atoms with E-state index in [1.54, 1.807) is 16.7 Å². The molecular formula is C28H36. The normalized spacial score (nSPS) is 22.6. The van der Waals surface area contributed by atoms with Crippen molar-refractivity contribution >= 4 is 5.57 Å². The molecule has 0 radical (unpaired) electrons. The van der Waals surface area contributed by atoms with E-state index in [9.17, 15) is 0 Å². The molecular weight excluding hydrogens is 336 g/mol. The largest absolute Gasteiger partial charge is 0.0917 e. The average Bonchev–Trinajstić information content (AvgIpc) is 3.43. The minimum absolute atomic E-state index is 0.992. The van der Waals surface area contributed by atoms with E-state index in [4.69, 9.17) is 0 Å². The van der Waals surface area contributed by atoms with Crippen LogP contribution in [0.2, 0.25) is 0 Å². The molecule has 0 heteroatoms. The molecule has 2 atom stereocenters. The van der Waals surface area contributed by atoms with Gasteiger partial charge in [-0.3, -0.25) is 0 Å². The Morgan fingerprint density at radius 1 is 0.964 bits per heavy atom. The van der Waals surface area contributed by atoms with E-state index in [1.807, 2.05) is 5.57 Å². The highest BCUT2D eigenvalue weighted by atomic mass is 14.5. The Balaban J connectivity index is 0.000000161. The van der Waals surface area contributed by atoms with Crippen molar-refractivity contribution in [3.63, 3.8) is 0 Å². The molecule has 0 heterocycles. The first-order valence-corrected chi connectivity index (χ1v) is 11.2. The maximum Gasteiger partial charge on any atom is -0.00521 e. The molecule has 148 valence electrons. The second kappa shape index (κ2) is 11.1. The molecule has 1 aromatic carbocycles. The van der Waals surface area contributed by atoms with Crippen molar-refractivity contribution in [2.75, 3.05) is 0 Å². The molecule has 2 unspecified atom stereocenters. The molecule has 0 aliphatic heterocycles. The number of rotatable bonds is 7. The van der Waals surface area contributed by atoms with E-state index in [1.165, 1.54) is 44.9 Å². The van der Waals surface area contributed by atoms with Gasteiger partial charge in [-0.2, -0.15) is 0 Å². The van der Waals surface area contributed by atoms with E-state index >= 15 is 0 Å². The van der Waals surface area contributed by atoms with Crippen molar-refractivity contribution in [2.24, 2.45) is 11.8 Å². The summed E-state index contributed by atoms with van der Waals surface area (Å²) in [6.07, 6.45) is 27.4. The lowest BCUT2D eigenvalue weighted by Crippen LogP contribution is -1.98. The third-order valence-electron chi connectivity index (χ3n) is 6.06. The summed E-state index contributed by atoms with van der Waals surface area (Å²) >= 11 is 0. The fourth-order valence-electron chi connectivity index (χ4n) is 4.46. The molecule has 4 rings (SSSR count). The van der Waals surface area contributed by atoms with Crippen LogP contribution in [0.4, 0.5) is 0 Å². The molecule has 1 fully saturated rings. The number of hydrogen-bond acceptors (Lipinski definition) is 0. The Morgan fingerprint density at radius 2 is 1.75 bits per heavy atom. The third kappa shape index (κ3) is 5.71. The predicted molar refractivity (Wildman–Crippen MR) is 124 cm³/mol. The molecule has 28 heavy (non-hydrogen) atoms. The molecule has 0 bridgehead atoms. The van der Waals surface area contributed by atoms with Gasteiger partial charge in [0.25, 0.3) is 0 Å². The Hall–Kier alpha value is -2.08. The second-order valence-corrected chi connectivity index (χ2v) is 8.13. The Morgan fingerprint density at radius 3 is 2.57 bits per heavy atom. The van der Waals surface area contributed by atoms with Gasteiger partial charge in [-0.25, -0.2) is 0 Å². The number of fused-ring (bicyclic) bond motifs is 4. The van der Waals surface area contributed by atoms with Crippen LogP contribution >= 0.6 is 0 Å². The topological polar surface area (TPSA) is 0 Å². The van der Waals surface area contributed by atoms with Crippen molar-refractivity contribution < 1.29 is 0 Å². The predicted octanol–water partition coefficient (Wildman–Crippen LogP) is 8.24. The monoisotopic (exact) mass is 372 g/mol. The summed E-state index contributed by atoms with van der Waals surface area (Å²) in [5.41, 5.74) is 6.69. The van der Waals surface area contributed by atoms with Gasteiger partial charge < -0.3 is 0 Å². The minimum Gasteiger partial charge on any atom is -0.0917 e. The maximum atomic E-state index is 2.32. The summed E-state index contributed by atoms with van der Waals surface area (Å²) in [5, 5.41) is 0. The first kappa shape index (κ1) is 20.6. The number of benzene rings is 1. The van der Waals surface area contributed by atoms with Gasteiger partial charge >= 0.3 is 0 Å². The van der Waals surface area contributed by atoms with Crippen LogP contribution in [0.1, 0.15) is 69.9 Å². The van der Waals surface area contributed by atoms with Crippen LogP contribution in [0.15, 0.2) is 78.4 Å². The molecule has 0 amide bonds. The zero-order chi connectivity index (χ0) is 19.6. The van der Waals surface area contributed by atoms with Gasteiger partial charge in [0, 0.05) is 0 Å². The standard InChI is InChI=1S/C14H14.C14H22/c1-2-4-11-9(3-1)8-14-12(11)6-5-10-7-13(10)14;1-3-5-7-9-11-13-14-12-10-8-6-4-2/h1-4,10,13H,5-8H2;3,5-6,8,10,12-14H,4,7,9,11H2,1-2H3. The zero-order valence-electron chi connectivity index (χ0n) is 17.7. The van der Waals surface area contributed by atoms with Crippen molar-refractivity contribution in [2.45, 2.75) is 65.2 Å². The zero-order valence-corrected chi connectivity index (χ0v) is 17.7. The van der Waals surface area contributed by atoms with Crippen molar-refractivity contribution in [1.82, 2.24) is 0 Å². The van der Waals surface area contributed by atoms with E-state index in [2.05, 4.69) is 86.7 Å². The summed E-state index contributed by atoms with van der Waals surface area (Å²) in [7, 11) is 0. The highest BCUT2D eigenvalue weighted by Gasteiger charge is 2.45. The van der Waals surface area contributed by atoms with Gasteiger partial charge in [-0.1, -0.05) is 85.4 Å². The number of unbranched alkanes of at least 4 members (excludes halogenated alkanes) is 2. The smallest absolute Gasteiger partial charge is 0.00521 e. The van der Waals surface area contributed by atoms with Crippen LogP contribution in [-0.4, -0.2) is 0 Å². The van der Waals surface area contributed by atoms with Gasteiger partial charge in [-0.15, -0.1) is 0 Å². The molecule has 3 aliphatic rings. The van der Waals surface area contributed by atoms with Crippen LogP contribution in [-0.2, 0) is 6.42 Å². The van der Waals surface area contributed by atoms with Crippen LogP contribution in [0.5, 0.6) is 0 Å². The summed E-state index contributed by atoms with van der Waals surface area (Å²) < 4.78 is 0. The molecule has 0 N–H and O–H groups in total. The fraction of sp³-hybridized carbons (Fsp3) is 0.429. The molecule has 0 spiro atoms. The van der Waals surface area contributed by atoms with E-state index in [0.29, 0.717) is 0 Å². The number of allylic oxidation sites excluding steroid dienone is 10. The molecule has 0 nitrogen and oxygen atoms in total. The van der Waals surface area contributed by atoms with Crippen molar-refractivity contribution in [1.29, 1.82) is 0 Å². The van der Waals surface area contributed by atoms with Gasteiger partial charge in [0.2, 0.25) is 0 Å². The SMILES string of the molecule is CC=CCCCC=CC=CC=CCC.c1ccc2c(c1)CC1=C2CCC2CC12. The van der Waals surface area contributed by atoms with Gasteiger partial charge in [0.1, 0.15) is 0 Å². The van der Waals surface area contributed by atoms with E-state index in [-0.39, 0.29) is 0 Å². The summed E-state index contributed by atoms with van der Waals surface area (Å²) in [6, 6.07) is 9.00. The van der Waals surface area contributed by atoms with E-state index in [0.717, 1.165) is 18.3 Å². The van der Waals surface area contributed by atoms with Crippen molar-refractivity contribution in [3.8, 4) is 0 Å². The first-order valence-electron chi connectivity index (χ1n) is 11.2. The third-order valence-corrected chi connectivity index (χ3v) is 6.06. The lowest BCUT2D eigenvalue weighted by molar-refractivity contribution is 0.670. The lowest BCUT2D eigenvalue weighted by Gasteiger charge is -2.13. The van der Waals surface area contributed by atoms with Crippen LogP contribution in [0.25, 0.3) is 5.57 Å². The Kier molecular flexibility index (Phi) is 8.15. The molecule has 3 aliphatic carbocycles. The highest BCUT2D eigenvalue weighted by molar-refractivity contribution is 5.78. The van der Waals surface area contributed by atoms with Crippen LogP contribution < -0.4 is 0 Å². The Bertz CT molecular complexity index is 769. The summed E-state index contributed by atoms with van der Waals surface area (Å²) in [4.78, 5) is 0. The van der Waals surface area contributed by atoms with Crippen LogP contribution in [0, 0.1) is 11.8 Å².